The van der Waals surface area contributed by atoms with Crippen molar-refractivity contribution in [3.63, 3.8) is 0 Å². The average Bonchev–Trinajstić information content (AvgIpc) is 2.78. The molecule has 0 fully saturated rings. The molecule has 0 aliphatic carbocycles. The zero-order valence-corrected chi connectivity index (χ0v) is 13.2. The van der Waals surface area contributed by atoms with Gasteiger partial charge in [-0.3, -0.25) is 4.68 Å². The minimum atomic E-state index is 0.507. The first-order valence-corrected chi connectivity index (χ1v) is 7.00. The van der Waals surface area contributed by atoms with Crippen molar-refractivity contribution >= 4 is 23.5 Å². The summed E-state index contributed by atoms with van der Waals surface area (Å²) in [7, 11) is 5.69. The molecule has 0 saturated carbocycles. The first-order chi connectivity index (χ1) is 10.0. The third kappa shape index (κ3) is 3.59. The van der Waals surface area contributed by atoms with E-state index in [2.05, 4.69) is 37.6 Å². The molecule has 2 aromatic heterocycles. The van der Waals surface area contributed by atoms with Crippen molar-refractivity contribution in [3.8, 4) is 0 Å². The highest BCUT2D eigenvalue weighted by Gasteiger charge is 2.11. The highest BCUT2D eigenvalue weighted by atomic mass is 15.3. The summed E-state index contributed by atoms with van der Waals surface area (Å²) in [4.78, 5) is 15.0. The molecule has 0 amide bonds. The quantitative estimate of drug-likeness (QED) is 0.832. The molecule has 0 unspecified atom stereocenters. The van der Waals surface area contributed by atoms with Crippen LogP contribution in [0.25, 0.3) is 0 Å². The highest BCUT2D eigenvalue weighted by molar-refractivity contribution is 5.57. The maximum Gasteiger partial charge on any atom is 0.233 e. The molecule has 0 aliphatic rings. The molecule has 21 heavy (non-hydrogen) atoms. The van der Waals surface area contributed by atoms with Gasteiger partial charge < -0.3 is 15.5 Å². The molecule has 2 heterocycles. The Hall–Kier alpha value is -2.38. The van der Waals surface area contributed by atoms with Crippen LogP contribution in [-0.4, -0.2) is 45.4 Å². The number of aryl methyl sites for hydroxylation is 2. The number of nitrogens with one attached hydrogen (secondary N) is 2. The van der Waals surface area contributed by atoms with E-state index in [9.17, 15) is 0 Å². The molecular formula is C13H22N8. The second-order valence-corrected chi connectivity index (χ2v) is 4.85. The summed E-state index contributed by atoms with van der Waals surface area (Å²) in [6.07, 6.45) is 2.76. The lowest BCUT2D eigenvalue weighted by Gasteiger charge is -2.13. The minimum absolute atomic E-state index is 0.507. The molecule has 8 heteroatoms. The zero-order valence-electron chi connectivity index (χ0n) is 13.2. The van der Waals surface area contributed by atoms with Crippen LogP contribution >= 0.6 is 0 Å². The van der Waals surface area contributed by atoms with Gasteiger partial charge in [-0.15, -0.1) is 0 Å². The molecular weight excluding hydrogens is 268 g/mol. The summed E-state index contributed by atoms with van der Waals surface area (Å²) in [6, 6.07) is 0. The Kier molecular flexibility index (Phi) is 4.56. The van der Waals surface area contributed by atoms with Gasteiger partial charge in [0.1, 0.15) is 0 Å². The molecule has 114 valence electrons. The molecule has 0 aliphatic heterocycles. The molecule has 2 N–H and O–H groups in total. The minimum Gasteiger partial charge on any atom is -0.354 e. The van der Waals surface area contributed by atoms with E-state index in [1.54, 1.807) is 4.68 Å². The second-order valence-electron chi connectivity index (χ2n) is 4.85. The predicted molar refractivity (Wildman–Crippen MR) is 84.2 cm³/mol. The van der Waals surface area contributed by atoms with Crippen LogP contribution in [0.5, 0.6) is 0 Å². The Morgan fingerprint density at radius 2 is 1.86 bits per heavy atom. The zero-order chi connectivity index (χ0) is 15.4. The van der Waals surface area contributed by atoms with Gasteiger partial charge in [0.2, 0.25) is 17.8 Å². The fourth-order valence-corrected chi connectivity index (χ4v) is 1.88. The summed E-state index contributed by atoms with van der Waals surface area (Å²) in [5, 5.41) is 10.7. The molecule has 0 spiro atoms. The Morgan fingerprint density at radius 3 is 2.48 bits per heavy atom. The molecule has 8 nitrogen and oxygen atoms in total. The Bertz CT molecular complexity index is 604. The fourth-order valence-electron chi connectivity index (χ4n) is 1.88. The Morgan fingerprint density at radius 1 is 1.14 bits per heavy atom. The molecule has 0 atom stereocenters. The van der Waals surface area contributed by atoms with E-state index in [0.717, 1.165) is 24.3 Å². The van der Waals surface area contributed by atoms with Crippen LogP contribution in [0.1, 0.15) is 19.5 Å². The normalized spacial score (nSPS) is 10.5. The standard InChI is InChI=1S/C13H22N8/c1-6-9-10(8-21(5)19-9)15-12-16-11(14-7-2)17-13(18-12)20(3)4/h8H,6-7H2,1-5H3,(H2,14,15,16,17,18). The van der Waals surface area contributed by atoms with Crippen LogP contribution in [0.2, 0.25) is 0 Å². The lowest BCUT2D eigenvalue weighted by atomic mass is 10.3. The molecule has 0 bridgehead atoms. The number of anilines is 4. The number of hydrogen-bond acceptors (Lipinski definition) is 7. The first kappa shape index (κ1) is 15.0. The maximum absolute atomic E-state index is 4.41. The topological polar surface area (TPSA) is 83.8 Å². The Labute approximate surface area is 124 Å². The largest absolute Gasteiger partial charge is 0.354 e. The van der Waals surface area contributed by atoms with Crippen molar-refractivity contribution in [2.45, 2.75) is 20.3 Å². The van der Waals surface area contributed by atoms with Gasteiger partial charge in [0.15, 0.2) is 0 Å². The van der Waals surface area contributed by atoms with E-state index < -0.39 is 0 Å². The molecule has 0 radical (unpaired) electrons. The lowest BCUT2D eigenvalue weighted by Crippen LogP contribution is -2.16. The Balaban J connectivity index is 2.33. The predicted octanol–water partition coefficient (Wildman–Crippen LogP) is 1.41. The number of rotatable bonds is 6. The number of aromatic nitrogens is 5. The summed E-state index contributed by atoms with van der Waals surface area (Å²) in [6.45, 7) is 4.82. The third-order valence-corrected chi connectivity index (χ3v) is 2.85. The smallest absolute Gasteiger partial charge is 0.233 e. The second kappa shape index (κ2) is 6.38. The monoisotopic (exact) mass is 290 g/mol. The lowest BCUT2D eigenvalue weighted by molar-refractivity contribution is 0.746. The van der Waals surface area contributed by atoms with E-state index in [1.807, 2.05) is 39.2 Å². The fraction of sp³-hybridized carbons (Fsp3) is 0.538. The molecule has 0 aromatic carbocycles. The van der Waals surface area contributed by atoms with Crippen LogP contribution in [0.3, 0.4) is 0 Å². The van der Waals surface area contributed by atoms with E-state index >= 15 is 0 Å². The van der Waals surface area contributed by atoms with Gasteiger partial charge in [-0.2, -0.15) is 20.1 Å². The maximum atomic E-state index is 4.41. The first-order valence-electron chi connectivity index (χ1n) is 7.00. The SMILES string of the molecule is CCNc1nc(Nc2cn(C)nc2CC)nc(N(C)C)n1. The van der Waals surface area contributed by atoms with Crippen molar-refractivity contribution in [2.75, 3.05) is 36.2 Å². The van der Waals surface area contributed by atoms with Gasteiger partial charge in [-0.1, -0.05) is 6.92 Å². The molecule has 2 rings (SSSR count). The summed E-state index contributed by atoms with van der Waals surface area (Å²) in [5.74, 6) is 1.67. The van der Waals surface area contributed by atoms with E-state index in [4.69, 9.17) is 0 Å². The molecule has 2 aromatic rings. The summed E-state index contributed by atoms with van der Waals surface area (Å²) >= 11 is 0. The number of hydrogen-bond donors (Lipinski definition) is 2. The van der Waals surface area contributed by atoms with E-state index in [1.165, 1.54) is 0 Å². The van der Waals surface area contributed by atoms with Crippen molar-refractivity contribution in [1.29, 1.82) is 0 Å². The van der Waals surface area contributed by atoms with E-state index in [0.29, 0.717) is 17.8 Å². The highest BCUT2D eigenvalue weighted by Crippen LogP contribution is 2.20. The summed E-state index contributed by atoms with van der Waals surface area (Å²) < 4.78 is 1.78. The third-order valence-electron chi connectivity index (χ3n) is 2.85. The molecule has 0 saturated heterocycles. The van der Waals surface area contributed by atoms with Crippen molar-refractivity contribution in [3.05, 3.63) is 11.9 Å². The van der Waals surface area contributed by atoms with Crippen LogP contribution in [0.15, 0.2) is 6.20 Å². The average molecular weight is 290 g/mol. The van der Waals surface area contributed by atoms with Gasteiger partial charge in [0, 0.05) is 33.9 Å². The van der Waals surface area contributed by atoms with Crippen molar-refractivity contribution in [2.24, 2.45) is 7.05 Å². The van der Waals surface area contributed by atoms with Gasteiger partial charge >= 0.3 is 0 Å². The summed E-state index contributed by atoms with van der Waals surface area (Å²) in [5.41, 5.74) is 1.90. The van der Waals surface area contributed by atoms with Gasteiger partial charge in [-0.25, -0.2) is 0 Å². The van der Waals surface area contributed by atoms with Crippen molar-refractivity contribution < 1.29 is 0 Å². The van der Waals surface area contributed by atoms with Gasteiger partial charge in [-0.05, 0) is 13.3 Å². The number of nitrogens with zero attached hydrogens (tertiary/aromatic N) is 6. The van der Waals surface area contributed by atoms with Crippen LogP contribution in [-0.2, 0) is 13.5 Å². The van der Waals surface area contributed by atoms with Crippen LogP contribution < -0.4 is 15.5 Å². The van der Waals surface area contributed by atoms with Crippen LogP contribution in [0, 0.1) is 0 Å². The van der Waals surface area contributed by atoms with Crippen molar-refractivity contribution in [1.82, 2.24) is 24.7 Å². The van der Waals surface area contributed by atoms with E-state index in [-0.39, 0.29) is 0 Å². The van der Waals surface area contributed by atoms with Gasteiger partial charge in [0.25, 0.3) is 0 Å². The van der Waals surface area contributed by atoms with Gasteiger partial charge in [0.05, 0.1) is 11.4 Å². The van der Waals surface area contributed by atoms with Crippen LogP contribution in [0.4, 0.5) is 23.5 Å².